The molecule has 0 N–H and O–H groups in total. The van der Waals surface area contributed by atoms with Crippen molar-refractivity contribution in [2.75, 3.05) is 95.0 Å². The highest BCUT2D eigenvalue weighted by Gasteiger charge is 2.14. The van der Waals surface area contributed by atoms with Crippen LogP contribution in [0.1, 0.15) is 34.7 Å². The van der Waals surface area contributed by atoms with Crippen molar-refractivity contribution in [2.45, 2.75) is 6.92 Å². The molecule has 0 heterocycles. The van der Waals surface area contributed by atoms with Gasteiger partial charge in [-0.15, -0.1) is 0 Å². The van der Waals surface area contributed by atoms with Crippen LogP contribution in [0, 0.1) is 0 Å². The molecule has 5 heteroatoms. The summed E-state index contributed by atoms with van der Waals surface area (Å²) in [6.45, 7) is 2.25. The molecule has 0 aliphatic rings. The van der Waals surface area contributed by atoms with E-state index >= 15 is 0 Å². The molecule has 0 unspecified atom stereocenters. The van der Waals surface area contributed by atoms with E-state index in [2.05, 4.69) is 235 Å². The monoisotopic (exact) mass is 689 g/mol. The molecule has 0 radical (unpaired) electrons. The Morgan fingerprint density at radius 3 is 0.750 bits per heavy atom. The third-order valence-electron chi connectivity index (χ3n) is 9.55. The Morgan fingerprint density at radius 2 is 0.519 bits per heavy atom. The number of rotatable bonds is 12. The maximum absolute atomic E-state index is 2.38. The predicted molar refractivity (Wildman–Crippen MR) is 231 cm³/mol. The summed E-state index contributed by atoms with van der Waals surface area (Å²) in [4.78, 5) is 10.7. The summed E-state index contributed by atoms with van der Waals surface area (Å²) >= 11 is 0. The van der Waals surface area contributed by atoms with Crippen molar-refractivity contribution in [1.82, 2.24) is 0 Å². The van der Waals surface area contributed by atoms with Gasteiger partial charge in [-0.1, -0.05) is 66.7 Å². The van der Waals surface area contributed by atoms with Crippen LogP contribution >= 0.6 is 0 Å². The predicted octanol–water partition coefficient (Wildman–Crippen LogP) is 10.1. The van der Waals surface area contributed by atoms with Crippen LogP contribution in [-0.4, -0.2) is 70.5 Å². The Kier molecular flexibility index (Phi) is 12.0. The molecule has 0 amide bonds. The number of hydrogen-bond acceptors (Lipinski definition) is 5. The van der Waals surface area contributed by atoms with Crippen molar-refractivity contribution in [2.24, 2.45) is 0 Å². The number of benzene rings is 5. The standard InChI is InChI=1S/C47H55N5/c1-34(32-46(36-14-24-41(25-15-36)49(4)5)37-16-26-42(27-17-37)50(6)7)45(35-12-22-40(23-13-35)48(2)3)33-47(38-18-28-43(29-19-38)51(8)9)39-20-30-44(31-21-39)52(10)11/h12-33H,1-11H3. The highest BCUT2D eigenvalue weighted by molar-refractivity contribution is 5.94. The summed E-state index contributed by atoms with van der Waals surface area (Å²) < 4.78 is 0. The first kappa shape index (κ1) is 37.6. The van der Waals surface area contributed by atoms with Crippen molar-refractivity contribution < 1.29 is 0 Å². The van der Waals surface area contributed by atoms with Gasteiger partial charge in [-0.2, -0.15) is 0 Å². The SMILES string of the molecule is CC(C=C(c1ccc(N(C)C)cc1)c1ccc(N(C)C)cc1)=C(C=C(c1ccc(N(C)C)cc1)c1ccc(N(C)C)cc1)c1ccc(N(C)C)cc1. The minimum Gasteiger partial charge on any atom is -0.378 e. The smallest absolute Gasteiger partial charge is 0.0361 e. The van der Waals surface area contributed by atoms with Gasteiger partial charge in [-0.25, -0.2) is 0 Å². The lowest BCUT2D eigenvalue weighted by atomic mass is 9.89. The third kappa shape index (κ3) is 8.96. The van der Waals surface area contributed by atoms with Gasteiger partial charge in [0, 0.05) is 98.9 Å². The molecule has 5 rings (SSSR count). The van der Waals surface area contributed by atoms with Crippen molar-refractivity contribution in [3.05, 3.63) is 167 Å². The molecule has 5 aromatic carbocycles. The summed E-state index contributed by atoms with van der Waals surface area (Å²) in [5, 5.41) is 0. The second-order valence-corrected chi connectivity index (χ2v) is 14.4. The molecule has 5 nitrogen and oxygen atoms in total. The van der Waals surface area contributed by atoms with Crippen LogP contribution in [0.5, 0.6) is 0 Å². The van der Waals surface area contributed by atoms with E-state index in [1.807, 2.05) is 0 Å². The average molecular weight is 690 g/mol. The van der Waals surface area contributed by atoms with E-state index in [1.165, 1.54) is 73.0 Å². The largest absolute Gasteiger partial charge is 0.378 e. The summed E-state index contributed by atoms with van der Waals surface area (Å²) in [5.74, 6) is 0. The summed E-state index contributed by atoms with van der Waals surface area (Å²) in [6.07, 6.45) is 4.75. The summed E-state index contributed by atoms with van der Waals surface area (Å²) in [5.41, 5.74) is 16.4. The van der Waals surface area contributed by atoms with Gasteiger partial charge >= 0.3 is 0 Å². The minimum absolute atomic E-state index is 1.16. The fourth-order valence-corrected chi connectivity index (χ4v) is 6.23. The first-order valence-electron chi connectivity index (χ1n) is 17.9. The van der Waals surface area contributed by atoms with E-state index < -0.39 is 0 Å². The van der Waals surface area contributed by atoms with E-state index in [-0.39, 0.29) is 0 Å². The van der Waals surface area contributed by atoms with Crippen molar-refractivity contribution in [3.63, 3.8) is 0 Å². The Bertz CT molecular complexity index is 1900. The van der Waals surface area contributed by atoms with Gasteiger partial charge in [0.05, 0.1) is 0 Å². The normalized spacial score (nSPS) is 11.3. The van der Waals surface area contributed by atoms with Crippen molar-refractivity contribution in [1.29, 1.82) is 0 Å². The summed E-state index contributed by atoms with van der Waals surface area (Å²) in [6, 6.07) is 44.4. The highest BCUT2D eigenvalue weighted by Crippen LogP contribution is 2.35. The van der Waals surface area contributed by atoms with Crippen LogP contribution in [0.25, 0.3) is 16.7 Å². The summed E-state index contributed by atoms with van der Waals surface area (Å²) in [7, 11) is 20.8. The van der Waals surface area contributed by atoms with Crippen molar-refractivity contribution in [3.8, 4) is 0 Å². The van der Waals surface area contributed by atoms with Gasteiger partial charge in [0.15, 0.2) is 0 Å². The topological polar surface area (TPSA) is 16.2 Å². The van der Waals surface area contributed by atoms with E-state index in [0.29, 0.717) is 0 Å². The Balaban J connectivity index is 1.79. The molecule has 0 bridgehead atoms. The van der Waals surface area contributed by atoms with Gasteiger partial charge in [-0.3, -0.25) is 0 Å². The number of nitrogens with zero attached hydrogens (tertiary/aromatic N) is 5. The zero-order valence-electron chi connectivity index (χ0n) is 32.9. The van der Waals surface area contributed by atoms with Gasteiger partial charge in [-0.05, 0) is 124 Å². The van der Waals surface area contributed by atoms with E-state index in [9.17, 15) is 0 Å². The molecule has 0 aliphatic carbocycles. The van der Waals surface area contributed by atoms with Crippen molar-refractivity contribution >= 4 is 45.2 Å². The molecule has 0 fully saturated rings. The van der Waals surface area contributed by atoms with Crippen LogP contribution in [-0.2, 0) is 0 Å². The van der Waals surface area contributed by atoms with Crippen LogP contribution in [0.15, 0.2) is 139 Å². The molecular formula is C47H55N5. The number of anilines is 5. The first-order valence-corrected chi connectivity index (χ1v) is 17.9. The van der Waals surface area contributed by atoms with E-state index in [4.69, 9.17) is 0 Å². The molecule has 0 spiro atoms. The third-order valence-corrected chi connectivity index (χ3v) is 9.55. The zero-order valence-corrected chi connectivity index (χ0v) is 32.9. The maximum atomic E-state index is 2.38. The lowest BCUT2D eigenvalue weighted by Crippen LogP contribution is -2.08. The van der Waals surface area contributed by atoms with Gasteiger partial charge in [0.1, 0.15) is 0 Å². The van der Waals surface area contributed by atoms with Gasteiger partial charge < -0.3 is 24.5 Å². The molecule has 0 saturated heterocycles. The molecule has 0 saturated carbocycles. The number of hydrogen-bond donors (Lipinski definition) is 0. The molecule has 52 heavy (non-hydrogen) atoms. The average Bonchev–Trinajstić information content (AvgIpc) is 3.14. The maximum Gasteiger partial charge on any atom is 0.0361 e. The number of allylic oxidation sites excluding steroid dienone is 4. The quantitative estimate of drug-likeness (QED) is 0.121. The van der Waals surface area contributed by atoms with Gasteiger partial charge in [0.2, 0.25) is 0 Å². The molecule has 0 aliphatic heterocycles. The van der Waals surface area contributed by atoms with Crippen LogP contribution < -0.4 is 24.5 Å². The Morgan fingerprint density at radius 1 is 0.308 bits per heavy atom. The van der Waals surface area contributed by atoms with E-state index in [1.54, 1.807) is 0 Å². The molecule has 268 valence electrons. The van der Waals surface area contributed by atoms with E-state index in [0.717, 1.165) is 5.56 Å². The first-order chi connectivity index (χ1) is 24.8. The van der Waals surface area contributed by atoms with Crippen LogP contribution in [0.3, 0.4) is 0 Å². The Hall–Kier alpha value is -5.68. The lowest BCUT2D eigenvalue weighted by Gasteiger charge is -2.19. The highest BCUT2D eigenvalue weighted by atomic mass is 15.1. The molecule has 0 aromatic heterocycles. The fourth-order valence-electron chi connectivity index (χ4n) is 6.23. The molecular weight excluding hydrogens is 635 g/mol. The second kappa shape index (κ2) is 16.6. The second-order valence-electron chi connectivity index (χ2n) is 14.4. The lowest BCUT2D eigenvalue weighted by molar-refractivity contribution is 1.13. The van der Waals surface area contributed by atoms with Crippen LogP contribution in [0.2, 0.25) is 0 Å². The molecule has 5 aromatic rings. The van der Waals surface area contributed by atoms with Gasteiger partial charge in [0.25, 0.3) is 0 Å². The minimum atomic E-state index is 1.16. The fraction of sp³-hybridized carbons (Fsp3) is 0.234. The Labute approximate surface area is 313 Å². The van der Waals surface area contributed by atoms with Crippen LogP contribution in [0.4, 0.5) is 28.4 Å². The zero-order chi connectivity index (χ0) is 37.5. The molecule has 0 atom stereocenters.